The SMILES string of the molecule is Cn1c(=O)oc2cc(S(=O)(=O)NCc3ccc4nccnc4c3)ccc21. The van der Waals surface area contributed by atoms with Gasteiger partial charge in [0.15, 0.2) is 5.58 Å². The van der Waals surface area contributed by atoms with Gasteiger partial charge in [0.25, 0.3) is 0 Å². The van der Waals surface area contributed by atoms with E-state index in [1.54, 1.807) is 43.7 Å². The van der Waals surface area contributed by atoms with Crippen molar-refractivity contribution in [3.63, 3.8) is 0 Å². The third-order valence-corrected chi connectivity index (χ3v) is 5.47. The Hall–Kier alpha value is -3.04. The van der Waals surface area contributed by atoms with Crippen molar-refractivity contribution in [2.45, 2.75) is 11.4 Å². The second-order valence-electron chi connectivity index (χ2n) is 5.76. The predicted octanol–water partition coefficient (Wildman–Crippen LogP) is 1.55. The zero-order chi connectivity index (χ0) is 18.3. The zero-order valence-corrected chi connectivity index (χ0v) is 14.5. The molecule has 2 heterocycles. The number of fused-ring (bicyclic) bond motifs is 2. The van der Waals surface area contributed by atoms with Crippen molar-refractivity contribution in [3.05, 3.63) is 64.9 Å². The van der Waals surface area contributed by atoms with Crippen LogP contribution in [0.2, 0.25) is 0 Å². The lowest BCUT2D eigenvalue weighted by Gasteiger charge is -2.07. The lowest BCUT2D eigenvalue weighted by atomic mass is 10.2. The molecule has 0 bridgehead atoms. The predicted molar refractivity (Wildman–Crippen MR) is 95.0 cm³/mol. The number of aromatic nitrogens is 3. The van der Waals surface area contributed by atoms with Crippen molar-refractivity contribution in [3.8, 4) is 0 Å². The lowest BCUT2D eigenvalue weighted by molar-refractivity contribution is 0.527. The van der Waals surface area contributed by atoms with Crippen molar-refractivity contribution >= 4 is 32.2 Å². The van der Waals surface area contributed by atoms with Gasteiger partial charge in [0.1, 0.15) is 0 Å². The highest BCUT2D eigenvalue weighted by molar-refractivity contribution is 7.89. The first-order valence-electron chi connectivity index (χ1n) is 7.73. The van der Waals surface area contributed by atoms with Crippen LogP contribution in [0.3, 0.4) is 0 Å². The van der Waals surface area contributed by atoms with E-state index in [0.29, 0.717) is 11.0 Å². The number of nitrogens with zero attached hydrogens (tertiary/aromatic N) is 3. The summed E-state index contributed by atoms with van der Waals surface area (Å²) in [5, 5.41) is 0. The maximum atomic E-state index is 12.5. The molecule has 0 radical (unpaired) electrons. The summed E-state index contributed by atoms with van der Waals surface area (Å²) in [6, 6.07) is 9.68. The molecule has 0 atom stereocenters. The van der Waals surface area contributed by atoms with E-state index in [2.05, 4.69) is 14.7 Å². The molecular formula is C17H14N4O4S. The largest absolute Gasteiger partial charge is 0.419 e. The Morgan fingerprint density at radius 3 is 2.65 bits per heavy atom. The van der Waals surface area contributed by atoms with Crippen LogP contribution in [-0.2, 0) is 23.6 Å². The minimum atomic E-state index is -3.76. The molecule has 0 saturated carbocycles. The summed E-state index contributed by atoms with van der Waals surface area (Å²) >= 11 is 0. The quantitative estimate of drug-likeness (QED) is 0.584. The van der Waals surface area contributed by atoms with Crippen molar-refractivity contribution in [2.24, 2.45) is 7.05 Å². The first kappa shape index (κ1) is 16.4. The number of hydrogen-bond acceptors (Lipinski definition) is 6. The van der Waals surface area contributed by atoms with Gasteiger partial charge in [-0.3, -0.25) is 14.5 Å². The summed E-state index contributed by atoms with van der Waals surface area (Å²) in [5.41, 5.74) is 2.94. The summed E-state index contributed by atoms with van der Waals surface area (Å²) in [6.07, 6.45) is 3.18. The third kappa shape index (κ3) is 2.87. The van der Waals surface area contributed by atoms with Crippen LogP contribution >= 0.6 is 0 Å². The molecule has 0 aliphatic heterocycles. The highest BCUT2D eigenvalue weighted by Crippen LogP contribution is 2.18. The number of sulfonamides is 1. The summed E-state index contributed by atoms with van der Waals surface area (Å²) in [7, 11) is -2.21. The number of aryl methyl sites for hydroxylation is 1. The molecule has 132 valence electrons. The number of rotatable bonds is 4. The second kappa shape index (κ2) is 6.04. The normalized spacial score (nSPS) is 12.0. The fraction of sp³-hybridized carbons (Fsp3) is 0.118. The molecule has 0 fully saturated rings. The Morgan fingerprint density at radius 2 is 1.85 bits per heavy atom. The van der Waals surface area contributed by atoms with Gasteiger partial charge in [-0.05, 0) is 29.8 Å². The topological polar surface area (TPSA) is 107 Å². The van der Waals surface area contributed by atoms with E-state index in [1.165, 1.54) is 16.7 Å². The van der Waals surface area contributed by atoms with Crippen LogP contribution in [0.25, 0.3) is 22.1 Å². The van der Waals surface area contributed by atoms with Crippen LogP contribution in [0.4, 0.5) is 0 Å². The highest BCUT2D eigenvalue weighted by atomic mass is 32.2. The monoisotopic (exact) mass is 370 g/mol. The summed E-state index contributed by atoms with van der Waals surface area (Å²) in [5.74, 6) is -0.542. The fourth-order valence-electron chi connectivity index (χ4n) is 2.66. The smallest absolute Gasteiger partial charge is 0.408 e. The van der Waals surface area contributed by atoms with Gasteiger partial charge >= 0.3 is 5.76 Å². The molecule has 0 aliphatic carbocycles. The molecule has 0 amide bonds. The molecular weight excluding hydrogens is 356 g/mol. The number of hydrogen-bond donors (Lipinski definition) is 1. The third-order valence-electron chi connectivity index (χ3n) is 4.07. The van der Waals surface area contributed by atoms with Gasteiger partial charge in [-0.2, -0.15) is 0 Å². The molecule has 2 aromatic carbocycles. The Morgan fingerprint density at radius 1 is 1.08 bits per heavy atom. The van der Waals surface area contributed by atoms with Crippen LogP contribution in [0.15, 0.2) is 62.9 Å². The van der Waals surface area contributed by atoms with Gasteiger partial charge in [-0.15, -0.1) is 0 Å². The van der Waals surface area contributed by atoms with Gasteiger partial charge < -0.3 is 4.42 Å². The maximum absolute atomic E-state index is 12.5. The Balaban J connectivity index is 1.61. The van der Waals surface area contributed by atoms with Gasteiger partial charge in [0.2, 0.25) is 10.0 Å². The van der Waals surface area contributed by atoms with Gasteiger partial charge in [-0.25, -0.2) is 17.9 Å². The molecule has 8 nitrogen and oxygen atoms in total. The molecule has 4 rings (SSSR count). The van der Waals surface area contributed by atoms with E-state index in [4.69, 9.17) is 4.42 Å². The lowest BCUT2D eigenvalue weighted by Crippen LogP contribution is -2.23. The van der Waals surface area contributed by atoms with Crippen molar-refractivity contribution in [1.82, 2.24) is 19.3 Å². The van der Waals surface area contributed by atoms with Gasteiger partial charge in [-0.1, -0.05) is 6.07 Å². The van der Waals surface area contributed by atoms with E-state index in [0.717, 1.165) is 11.1 Å². The van der Waals surface area contributed by atoms with Crippen LogP contribution in [-0.4, -0.2) is 23.0 Å². The standard InChI is InChI=1S/C17H14N4O4S/c1-21-15-5-3-12(9-16(15)25-17(21)22)26(23,24)20-10-11-2-4-13-14(8-11)19-7-6-18-13/h2-9,20H,10H2,1H3. The van der Waals surface area contributed by atoms with Crippen molar-refractivity contribution in [2.75, 3.05) is 0 Å². The van der Waals surface area contributed by atoms with E-state index < -0.39 is 15.8 Å². The van der Waals surface area contributed by atoms with Crippen LogP contribution in [0, 0.1) is 0 Å². The fourth-order valence-corrected chi connectivity index (χ4v) is 3.69. The molecule has 1 N–H and O–H groups in total. The first-order valence-corrected chi connectivity index (χ1v) is 9.21. The van der Waals surface area contributed by atoms with E-state index in [9.17, 15) is 13.2 Å². The van der Waals surface area contributed by atoms with E-state index >= 15 is 0 Å². The van der Waals surface area contributed by atoms with Crippen molar-refractivity contribution in [1.29, 1.82) is 0 Å². The van der Waals surface area contributed by atoms with Gasteiger partial charge in [0.05, 0.1) is 21.4 Å². The Bertz CT molecular complexity index is 1290. The summed E-state index contributed by atoms with van der Waals surface area (Å²) in [6.45, 7) is 0.103. The summed E-state index contributed by atoms with van der Waals surface area (Å²) in [4.78, 5) is 19.9. The van der Waals surface area contributed by atoms with Crippen LogP contribution in [0.5, 0.6) is 0 Å². The van der Waals surface area contributed by atoms with Gasteiger partial charge in [0, 0.05) is 32.1 Å². The number of benzene rings is 2. The Kier molecular flexibility index (Phi) is 3.82. The van der Waals surface area contributed by atoms with Crippen molar-refractivity contribution < 1.29 is 12.8 Å². The maximum Gasteiger partial charge on any atom is 0.419 e. The molecule has 0 spiro atoms. The molecule has 26 heavy (non-hydrogen) atoms. The molecule has 0 aliphatic rings. The average molecular weight is 370 g/mol. The number of nitrogens with one attached hydrogen (secondary N) is 1. The van der Waals surface area contributed by atoms with E-state index in [1.807, 2.05) is 0 Å². The Labute approximate surface area is 148 Å². The minimum Gasteiger partial charge on any atom is -0.408 e. The molecule has 9 heteroatoms. The average Bonchev–Trinajstić information content (AvgIpc) is 2.93. The van der Waals surface area contributed by atoms with Crippen LogP contribution in [0.1, 0.15) is 5.56 Å². The molecule has 4 aromatic rings. The minimum absolute atomic E-state index is 0.0277. The second-order valence-corrected chi connectivity index (χ2v) is 7.53. The highest BCUT2D eigenvalue weighted by Gasteiger charge is 2.17. The first-order chi connectivity index (χ1) is 12.4. The molecule has 2 aromatic heterocycles. The molecule has 0 saturated heterocycles. The van der Waals surface area contributed by atoms with Crippen LogP contribution < -0.4 is 10.5 Å². The summed E-state index contributed by atoms with van der Waals surface area (Å²) < 4.78 is 34.0. The molecule has 0 unspecified atom stereocenters. The van der Waals surface area contributed by atoms with E-state index in [-0.39, 0.29) is 17.0 Å². The zero-order valence-electron chi connectivity index (χ0n) is 13.7. The number of oxazole rings is 1.